The van der Waals surface area contributed by atoms with Gasteiger partial charge in [0.1, 0.15) is 25.1 Å². The molecule has 5 rings (SSSR count). The lowest BCUT2D eigenvalue weighted by molar-refractivity contribution is -0.176. The molecule has 4 heterocycles. The maximum atomic E-state index is 12.8. The molecule has 184 valence electrons. The Bertz CT molecular complexity index is 1040. The van der Waals surface area contributed by atoms with E-state index in [1.165, 1.54) is 0 Å². The lowest BCUT2D eigenvalue weighted by Gasteiger charge is -2.28. The lowest BCUT2D eigenvalue weighted by atomic mass is 10.0. The summed E-state index contributed by atoms with van der Waals surface area (Å²) in [6.45, 7) is 0.245. The maximum absolute atomic E-state index is 12.8. The number of nitrogens with zero attached hydrogens (tertiary/aromatic N) is 2. The van der Waals surface area contributed by atoms with E-state index in [1.807, 2.05) is 0 Å². The van der Waals surface area contributed by atoms with Crippen LogP contribution in [0.1, 0.15) is 40.9 Å². The number of halogens is 3. The first-order valence-corrected chi connectivity index (χ1v) is 11.4. The molecule has 0 saturated carbocycles. The lowest BCUT2D eigenvalue weighted by Crippen LogP contribution is -2.43. The summed E-state index contributed by atoms with van der Waals surface area (Å²) in [5.74, 6) is 0.877. The summed E-state index contributed by atoms with van der Waals surface area (Å²) in [5.41, 5.74) is 1.68. The van der Waals surface area contributed by atoms with Gasteiger partial charge in [0.15, 0.2) is 5.69 Å². The number of aryl methyl sites for hydroxylation is 1. The average Bonchev–Trinajstić information content (AvgIpc) is 3.47. The third-order valence-corrected chi connectivity index (χ3v) is 6.15. The fourth-order valence-corrected chi connectivity index (χ4v) is 4.56. The number of hydrogen-bond acceptors (Lipinski definition) is 6. The summed E-state index contributed by atoms with van der Waals surface area (Å²) < 4.78 is 60.9. The second-order valence-corrected chi connectivity index (χ2v) is 8.82. The molecule has 0 spiro atoms. The number of amides is 1. The largest absolute Gasteiger partial charge is 0.491 e. The Morgan fingerprint density at radius 1 is 1.24 bits per heavy atom. The van der Waals surface area contributed by atoms with Crippen LogP contribution in [0.5, 0.6) is 11.6 Å². The number of benzene rings is 1. The van der Waals surface area contributed by atoms with Gasteiger partial charge in [-0.25, -0.2) is 4.68 Å². The maximum Gasteiger partial charge on any atom is 0.411 e. The summed E-state index contributed by atoms with van der Waals surface area (Å²) in [5, 5.41) is 7.31. The van der Waals surface area contributed by atoms with Crippen molar-refractivity contribution in [1.82, 2.24) is 15.1 Å². The third-order valence-electron chi connectivity index (χ3n) is 6.15. The van der Waals surface area contributed by atoms with Crippen LogP contribution in [0, 0.1) is 0 Å². The Morgan fingerprint density at radius 2 is 2.12 bits per heavy atom. The Morgan fingerprint density at radius 3 is 2.91 bits per heavy atom. The normalized spacial score (nSPS) is 24.0. The van der Waals surface area contributed by atoms with Gasteiger partial charge in [-0.15, -0.1) is 0 Å². The van der Waals surface area contributed by atoms with Gasteiger partial charge in [0, 0.05) is 25.6 Å². The topological polar surface area (TPSA) is 83.8 Å². The van der Waals surface area contributed by atoms with E-state index in [2.05, 4.69) is 10.4 Å². The molecule has 3 aliphatic rings. The van der Waals surface area contributed by atoms with Gasteiger partial charge in [0.25, 0.3) is 5.91 Å². The van der Waals surface area contributed by atoms with E-state index in [4.69, 9.17) is 18.9 Å². The molecule has 0 radical (unpaired) electrons. The molecule has 1 amide bonds. The summed E-state index contributed by atoms with van der Waals surface area (Å²) in [6.07, 6.45) is -1.03. The first-order valence-electron chi connectivity index (χ1n) is 11.4. The Balaban J connectivity index is 1.18. The first-order chi connectivity index (χ1) is 16.3. The number of rotatable bonds is 6. The van der Waals surface area contributed by atoms with E-state index >= 15 is 0 Å². The summed E-state index contributed by atoms with van der Waals surface area (Å²) in [6, 6.07) is 6.48. The van der Waals surface area contributed by atoms with E-state index in [0.29, 0.717) is 30.2 Å². The summed E-state index contributed by atoms with van der Waals surface area (Å²) in [7, 11) is 0. The van der Waals surface area contributed by atoms with E-state index in [0.717, 1.165) is 31.4 Å². The second-order valence-electron chi connectivity index (χ2n) is 8.82. The Labute approximate surface area is 194 Å². The fourth-order valence-electron chi connectivity index (χ4n) is 4.56. The molecule has 1 saturated heterocycles. The van der Waals surface area contributed by atoms with Crippen molar-refractivity contribution in [3.63, 3.8) is 0 Å². The highest BCUT2D eigenvalue weighted by Gasteiger charge is 2.33. The van der Waals surface area contributed by atoms with Crippen LogP contribution in [-0.2, 0) is 29.0 Å². The van der Waals surface area contributed by atoms with Crippen molar-refractivity contribution >= 4 is 5.91 Å². The molecular formula is C23H26F3N3O5. The van der Waals surface area contributed by atoms with Crippen LogP contribution in [0.25, 0.3) is 0 Å². The predicted molar refractivity (Wildman–Crippen MR) is 113 cm³/mol. The van der Waals surface area contributed by atoms with Gasteiger partial charge >= 0.3 is 6.18 Å². The van der Waals surface area contributed by atoms with Crippen molar-refractivity contribution in [3.8, 4) is 11.6 Å². The Kier molecular flexibility index (Phi) is 6.39. The minimum absolute atomic E-state index is 0.0276. The molecule has 34 heavy (non-hydrogen) atoms. The average molecular weight is 481 g/mol. The first kappa shape index (κ1) is 23.0. The third kappa shape index (κ3) is 5.30. The van der Waals surface area contributed by atoms with Gasteiger partial charge in [-0.3, -0.25) is 4.79 Å². The van der Waals surface area contributed by atoms with Gasteiger partial charge in [-0.1, -0.05) is 6.07 Å². The highest BCUT2D eigenvalue weighted by molar-refractivity contribution is 5.92. The summed E-state index contributed by atoms with van der Waals surface area (Å²) in [4.78, 5) is 12.8. The number of hydrogen-bond donors (Lipinski definition) is 1. The van der Waals surface area contributed by atoms with Gasteiger partial charge in [-0.05, 0) is 42.5 Å². The van der Waals surface area contributed by atoms with Crippen LogP contribution < -0.4 is 14.8 Å². The van der Waals surface area contributed by atoms with Crippen molar-refractivity contribution in [2.24, 2.45) is 0 Å². The number of ether oxygens (including phenoxy) is 4. The van der Waals surface area contributed by atoms with Crippen LogP contribution in [-0.4, -0.2) is 59.9 Å². The SMILES string of the molecule is O=C(N[C@H]1COc2ccc(COCC(F)(F)F)cc2C1)c1cc2n(n1)CCC(C1CCCO1)O2. The molecule has 0 aliphatic carbocycles. The van der Waals surface area contributed by atoms with E-state index < -0.39 is 12.8 Å². The minimum Gasteiger partial charge on any atom is -0.491 e. The van der Waals surface area contributed by atoms with Crippen molar-refractivity contribution < 1.29 is 36.9 Å². The predicted octanol–water partition coefficient (Wildman–Crippen LogP) is 3.03. The zero-order chi connectivity index (χ0) is 23.7. The molecule has 0 bridgehead atoms. The second kappa shape index (κ2) is 9.46. The van der Waals surface area contributed by atoms with Gasteiger partial charge in [0.05, 0.1) is 18.8 Å². The molecule has 1 aromatic carbocycles. The van der Waals surface area contributed by atoms with Gasteiger partial charge in [0.2, 0.25) is 5.88 Å². The molecular weight excluding hydrogens is 455 g/mol. The Hall–Kier alpha value is -2.79. The number of alkyl halides is 3. The fraction of sp³-hybridized carbons (Fsp3) is 0.565. The number of carbonyl (C=O) groups excluding carboxylic acids is 1. The number of carbonyl (C=O) groups is 1. The smallest absolute Gasteiger partial charge is 0.411 e. The summed E-state index contributed by atoms with van der Waals surface area (Å²) >= 11 is 0. The number of aromatic nitrogens is 2. The highest BCUT2D eigenvalue weighted by Crippen LogP contribution is 2.29. The molecule has 1 aromatic heterocycles. The van der Waals surface area contributed by atoms with Gasteiger partial charge in [-0.2, -0.15) is 18.3 Å². The molecule has 2 aromatic rings. The highest BCUT2D eigenvalue weighted by atomic mass is 19.4. The van der Waals surface area contributed by atoms with Gasteiger partial charge < -0.3 is 24.3 Å². The van der Waals surface area contributed by atoms with Crippen molar-refractivity contribution in [2.75, 3.05) is 19.8 Å². The molecule has 3 aliphatic heterocycles. The quantitative estimate of drug-likeness (QED) is 0.683. The monoisotopic (exact) mass is 481 g/mol. The zero-order valence-electron chi connectivity index (χ0n) is 18.5. The molecule has 2 unspecified atom stereocenters. The molecule has 11 heteroatoms. The standard InChI is InChI=1S/C23H26F3N3O5/c24-23(25,26)13-31-11-14-3-4-18-15(8-14)9-16(12-33-18)27-22(30)17-10-21-29(28-17)6-5-20(34-21)19-2-1-7-32-19/h3-4,8,10,16,19-20H,1-2,5-7,9,11-13H2,(H,27,30)/t16-,19?,20?/m1/s1. The van der Waals surface area contributed by atoms with Crippen molar-refractivity contribution in [3.05, 3.63) is 41.1 Å². The van der Waals surface area contributed by atoms with Crippen LogP contribution in [0.4, 0.5) is 13.2 Å². The molecule has 8 nitrogen and oxygen atoms in total. The van der Waals surface area contributed by atoms with E-state index in [9.17, 15) is 18.0 Å². The van der Waals surface area contributed by atoms with Crippen molar-refractivity contribution in [2.45, 2.75) is 63.3 Å². The van der Waals surface area contributed by atoms with E-state index in [-0.39, 0.29) is 43.1 Å². The van der Waals surface area contributed by atoms with Crippen molar-refractivity contribution in [1.29, 1.82) is 0 Å². The van der Waals surface area contributed by atoms with Crippen LogP contribution in [0.15, 0.2) is 24.3 Å². The van der Waals surface area contributed by atoms with Crippen LogP contribution >= 0.6 is 0 Å². The minimum atomic E-state index is -4.37. The molecule has 1 fully saturated rings. The van der Waals surface area contributed by atoms with Crippen LogP contribution in [0.3, 0.4) is 0 Å². The van der Waals surface area contributed by atoms with E-state index in [1.54, 1.807) is 28.9 Å². The zero-order valence-corrected chi connectivity index (χ0v) is 18.5. The van der Waals surface area contributed by atoms with Crippen LogP contribution in [0.2, 0.25) is 0 Å². The molecule has 3 atom stereocenters. The number of fused-ring (bicyclic) bond motifs is 2. The molecule has 1 N–H and O–H groups in total. The number of nitrogens with one attached hydrogen (secondary N) is 1.